The van der Waals surface area contributed by atoms with Gasteiger partial charge in [-0.25, -0.2) is 0 Å². The van der Waals surface area contributed by atoms with Crippen molar-refractivity contribution < 1.29 is 14.0 Å². The van der Waals surface area contributed by atoms with Gasteiger partial charge in [-0.2, -0.15) is 0 Å². The summed E-state index contributed by atoms with van der Waals surface area (Å²) >= 11 is 4.87. The fraction of sp³-hybridized carbons (Fsp3) is 0.200. The van der Waals surface area contributed by atoms with Crippen molar-refractivity contribution in [3.8, 4) is 0 Å². The van der Waals surface area contributed by atoms with Gasteiger partial charge in [0.05, 0.1) is 11.5 Å². The number of hydrogen-bond acceptors (Lipinski definition) is 4. The van der Waals surface area contributed by atoms with Crippen LogP contribution in [0.15, 0.2) is 51.6 Å². The highest BCUT2D eigenvalue weighted by Gasteiger charge is 2.15. The number of hydrazine groups is 1. The predicted molar refractivity (Wildman–Crippen MR) is 89.2 cm³/mol. The largest absolute Gasteiger partial charge is 0.459 e. The second kappa shape index (κ2) is 8.05. The topological polar surface area (TPSA) is 71.3 Å². The number of rotatable bonds is 5. The molecule has 0 bridgehead atoms. The Morgan fingerprint density at radius 1 is 1.23 bits per heavy atom. The molecule has 1 atom stereocenters. The summed E-state index contributed by atoms with van der Waals surface area (Å²) in [6.45, 7) is 1.79. The molecule has 0 fully saturated rings. The molecule has 7 heteroatoms. The molecule has 0 saturated carbocycles. The second-order valence-corrected chi connectivity index (χ2v) is 6.75. The Morgan fingerprint density at radius 3 is 2.59 bits per heavy atom. The molecule has 1 aromatic carbocycles. The molecule has 22 heavy (non-hydrogen) atoms. The van der Waals surface area contributed by atoms with Crippen LogP contribution in [0.1, 0.15) is 23.0 Å². The minimum atomic E-state index is -0.483. The number of amides is 2. The number of benzene rings is 1. The number of nitrogens with one attached hydrogen (secondary N) is 2. The van der Waals surface area contributed by atoms with Crippen molar-refractivity contribution in [2.75, 3.05) is 0 Å². The van der Waals surface area contributed by atoms with E-state index in [4.69, 9.17) is 4.42 Å². The highest BCUT2D eigenvalue weighted by atomic mass is 79.9. The van der Waals surface area contributed by atoms with Gasteiger partial charge in [-0.3, -0.25) is 20.4 Å². The van der Waals surface area contributed by atoms with Crippen LogP contribution in [0.3, 0.4) is 0 Å². The molecule has 0 saturated heterocycles. The molecular formula is C15H15BrN2O3S. The molecule has 2 N–H and O–H groups in total. The van der Waals surface area contributed by atoms with Gasteiger partial charge >= 0.3 is 5.91 Å². The molecule has 2 aromatic rings. The van der Waals surface area contributed by atoms with E-state index < -0.39 is 5.91 Å². The highest BCUT2D eigenvalue weighted by Crippen LogP contribution is 2.19. The normalized spacial score (nSPS) is 11.7. The zero-order valence-corrected chi connectivity index (χ0v) is 14.2. The van der Waals surface area contributed by atoms with Gasteiger partial charge in [0.2, 0.25) is 0 Å². The number of hydrogen-bond donors (Lipinski definition) is 2. The van der Waals surface area contributed by atoms with Crippen LogP contribution in [0.25, 0.3) is 0 Å². The Morgan fingerprint density at radius 2 is 1.95 bits per heavy atom. The molecule has 116 valence electrons. The second-order valence-electron chi connectivity index (χ2n) is 4.50. The van der Waals surface area contributed by atoms with Crippen LogP contribution in [0.2, 0.25) is 0 Å². The lowest BCUT2D eigenvalue weighted by Gasteiger charge is -2.12. The minimum Gasteiger partial charge on any atom is -0.459 e. The Labute approximate surface area is 140 Å². The van der Waals surface area contributed by atoms with Crippen molar-refractivity contribution in [3.05, 3.63) is 58.5 Å². The lowest BCUT2D eigenvalue weighted by atomic mass is 10.2. The Hall–Kier alpha value is -1.73. The summed E-state index contributed by atoms with van der Waals surface area (Å²) in [6, 6.07) is 11.1. The maximum atomic E-state index is 11.9. The molecule has 5 nitrogen and oxygen atoms in total. The average Bonchev–Trinajstić information content (AvgIpc) is 3.06. The first-order valence-corrected chi connectivity index (χ1v) is 8.40. The summed E-state index contributed by atoms with van der Waals surface area (Å²) in [6.07, 6.45) is 1.40. The van der Waals surface area contributed by atoms with Crippen LogP contribution in [-0.4, -0.2) is 17.1 Å². The fourth-order valence-corrected chi connectivity index (χ4v) is 2.68. The molecule has 1 heterocycles. The Bertz CT molecular complexity index is 629. The Balaban J connectivity index is 1.75. The molecule has 1 aromatic heterocycles. The molecule has 0 radical (unpaired) electrons. The van der Waals surface area contributed by atoms with Crippen molar-refractivity contribution in [3.63, 3.8) is 0 Å². The third kappa shape index (κ3) is 4.92. The maximum Gasteiger partial charge on any atom is 0.305 e. The van der Waals surface area contributed by atoms with Gasteiger partial charge in [0.1, 0.15) is 0 Å². The summed E-state index contributed by atoms with van der Waals surface area (Å²) in [4.78, 5) is 23.5. The van der Waals surface area contributed by atoms with Gasteiger partial charge in [-0.05, 0) is 36.8 Å². The van der Waals surface area contributed by atoms with Crippen LogP contribution in [0.4, 0.5) is 0 Å². The molecule has 0 aliphatic heterocycles. The first kappa shape index (κ1) is 16.6. The van der Waals surface area contributed by atoms with Crippen LogP contribution >= 0.6 is 27.7 Å². The van der Waals surface area contributed by atoms with Crippen molar-refractivity contribution in [2.45, 2.75) is 17.9 Å². The van der Waals surface area contributed by atoms with E-state index in [0.29, 0.717) is 5.75 Å². The van der Waals surface area contributed by atoms with E-state index in [1.807, 2.05) is 24.3 Å². The lowest BCUT2D eigenvalue weighted by molar-refractivity contribution is -0.121. The average molecular weight is 383 g/mol. The monoisotopic (exact) mass is 382 g/mol. The fourth-order valence-electron chi connectivity index (χ4n) is 1.57. The van der Waals surface area contributed by atoms with Crippen LogP contribution in [0.5, 0.6) is 0 Å². The summed E-state index contributed by atoms with van der Waals surface area (Å²) in [7, 11) is 0. The smallest absolute Gasteiger partial charge is 0.305 e. The van der Waals surface area contributed by atoms with Gasteiger partial charge in [0, 0.05) is 10.2 Å². The van der Waals surface area contributed by atoms with Crippen LogP contribution in [-0.2, 0) is 10.5 Å². The number of halogens is 1. The van der Waals surface area contributed by atoms with E-state index in [0.717, 1.165) is 10.0 Å². The first-order valence-electron chi connectivity index (χ1n) is 6.56. The van der Waals surface area contributed by atoms with Crippen molar-refractivity contribution in [1.29, 1.82) is 0 Å². The summed E-state index contributed by atoms with van der Waals surface area (Å²) < 4.78 is 5.95. The van der Waals surface area contributed by atoms with Gasteiger partial charge in [-0.1, -0.05) is 28.1 Å². The Kier molecular flexibility index (Phi) is 6.09. The summed E-state index contributed by atoms with van der Waals surface area (Å²) in [5, 5.41) is -0.291. The molecule has 2 rings (SSSR count). The highest BCUT2D eigenvalue weighted by molar-refractivity contribution is 9.10. The number of carbonyl (C=O) groups excluding carboxylic acids is 2. The minimum absolute atomic E-state index is 0.149. The van der Waals surface area contributed by atoms with E-state index in [-0.39, 0.29) is 16.9 Å². The quantitative estimate of drug-likeness (QED) is 0.779. The van der Waals surface area contributed by atoms with E-state index in [2.05, 4.69) is 26.8 Å². The van der Waals surface area contributed by atoms with Gasteiger partial charge < -0.3 is 4.42 Å². The molecule has 0 aliphatic carbocycles. The van der Waals surface area contributed by atoms with Gasteiger partial charge in [0.25, 0.3) is 5.91 Å². The van der Waals surface area contributed by atoms with E-state index >= 15 is 0 Å². The van der Waals surface area contributed by atoms with E-state index in [9.17, 15) is 9.59 Å². The third-order valence-corrected chi connectivity index (χ3v) is 4.57. The van der Waals surface area contributed by atoms with Crippen LogP contribution in [0, 0.1) is 0 Å². The standard InChI is InChI=1S/C15H15BrN2O3S/c1-10(22-9-11-4-6-12(16)7-5-11)14(19)17-18-15(20)13-3-2-8-21-13/h2-8,10H,9H2,1H3,(H,17,19)(H,18,20)/t10-/m1/s1. The predicted octanol–water partition coefficient (Wildman–Crippen LogP) is 3.13. The zero-order chi connectivity index (χ0) is 15.9. The molecular weight excluding hydrogens is 368 g/mol. The first-order chi connectivity index (χ1) is 10.6. The molecule has 0 spiro atoms. The van der Waals surface area contributed by atoms with E-state index in [1.165, 1.54) is 24.1 Å². The number of furan rings is 1. The number of carbonyl (C=O) groups is 2. The van der Waals surface area contributed by atoms with E-state index in [1.54, 1.807) is 13.0 Å². The van der Waals surface area contributed by atoms with Gasteiger partial charge in [0.15, 0.2) is 5.76 Å². The number of thioether (sulfide) groups is 1. The summed E-state index contributed by atoms with van der Waals surface area (Å²) in [5.41, 5.74) is 5.84. The SMILES string of the molecule is C[C@@H](SCc1ccc(Br)cc1)C(=O)NNC(=O)c1ccco1. The maximum absolute atomic E-state index is 11.9. The zero-order valence-electron chi connectivity index (χ0n) is 11.8. The molecule has 0 aliphatic rings. The summed E-state index contributed by atoms with van der Waals surface area (Å²) in [5.74, 6) is 0.120. The van der Waals surface area contributed by atoms with Crippen molar-refractivity contribution in [1.82, 2.24) is 10.9 Å². The van der Waals surface area contributed by atoms with Crippen molar-refractivity contribution in [2.24, 2.45) is 0 Å². The molecule has 2 amide bonds. The molecule has 0 unspecified atom stereocenters. The van der Waals surface area contributed by atoms with Crippen molar-refractivity contribution >= 4 is 39.5 Å². The lowest BCUT2D eigenvalue weighted by Crippen LogP contribution is -2.44. The third-order valence-electron chi connectivity index (χ3n) is 2.83. The van der Waals surface area contributed by atoms with Crippen LogP contribution < -0.4 is 10.9 Å². The van der Waals surface area contributed by atoms with Gasteiger partial charge in [-0.15, -0.1) is 11.8 Å².